The second kappa shape index (κ2) is 6.93. The molecule has 0 radical (unpaired) electrons. The number of rotatable bonds is 6. The molecule has 0 bridgehead atoms. The first kappa shape index (κ1) is 15.1. The van der Waals surface area contributed by atoms with Crippen molar-refractivity contribution in [3.63, 3.8) is 0 Å². The van der Waals surface area contributed by atoms with Gasteiger partial charge >= 0.3 is 0 Å². The summed E-state index contributed by atoms with van der Waals surface area (Å²) in [6.45, 7) is -0.505. The van der Waals surface area contributed by atoms with Gasteiger partial charge in [-0.05, 0) is 35.9 Å². The van der Waals surface area contributed by atoms with E-state index in [1.165, 1.54) is 0 Å². The molecule has 0 saturated carbocycles. The molecule has 118 valence electrons. The Morgan fingerprint density at radius 3 is 2.43 bits per heavy atom. The molecule has 0 aliphatic rings. The summed E-state index contributed by atoms with van der Waals surface area (Å²) < 4.78 is 22.7. The molecule has 5 nitrogen and oxygen atoms in total. The van der Waals surface area contributed by atoms with Crippen molar-refractivity contribution < 1.29 is 24.0 Å². The minimum Gasteiger partial charge on any atom is -0.487 e. The number of nitrogens with zero attached hydrogens (tertiary/aromatic N) is 1. The highest BCUT2D eigenvalue weighted by Gasteiger charge is 2.03. The average molecular weight is 315 g/mol. The number of halogens is 1. The van der Waals surface area contributed by atoms with Crippen molar-refractivity contribution in [1.82, 2.24) is 4.98 Å². The van der Waals surface area contributed by atoms with Gasteiger partial charge in [-0.1, -0.05) is 12.1 Å². The topological polar surface area (TPSA) is 60.8 Å². The zero-order chi connectivity index (χ0) is 16.1. The standard InChI is InChI=1S/C17H14FNO4/c18-11-22-15-6-3-13-7-16(9-19-17(13)8-15)21-10-12-1-4-14(23-20)5-2-12/h1-9,20H,10-11H2. The lowest BCUT2D eigenvalue weighted by molar-refractivity contribution is -0.137. The number of pyridine rings is 1. The zero-order valence-corrected chi connectivity index (χ0v) is 12.1. The second-order valence-corrected chi connectivity index (χ2v) is 4.80. The molecule has 1 heterocycles. The lowest BCUT2D eigenvalue weighted by Gasteiger charge is -2.08. The van der Waals surface area contributed by atoms with Crippen molar-refractivity contribution in [2.45, 2.75) is 6.61 Å². The first-order chi connectivity index (χ1) is 11.3. The number of fused-ring (bicyclic) bond motifs is 1. The Bertz CT molecular complexity index is 792. The minimum atomic E-state index is -0.868. The molecule has 0 aliphatic heterocycles. The summed E-state index contributed by atoms with van der Waals surface area (Å²) in [6, 6.07) is 13.9. The Balaban J connectivity index is 1.71. The molecule has 0 fully saturated rings. The number of hydrogen-bond donors (Lipinski definition) is 1. The first-order valence-electron chi connectivity index (χ1n) is 6.90. The van der Waals surface area contributed by atoms with Gasteiger partial charge in [-0.2, -0.15) is 0 Å². The van der Waals surface area contributed by atoms with Gasteiger partial charge in [-0.15, -0.1) is 0 Å². The van der Waals surface area contributed by atoms with Crippen LogP contribution in [0.2, 0.25) is 0 Å². The molecule has 0 spiro atoms. The summed E-state index contributed by atoms with van der Waals surface area (Å²) in [6.07, 6.45) is 1.60. The first-order valence-corrected chi connectivity index (χ1v) is 6.90. The highest BCUT2D eigenvalue weighted by molar-refractivity contribution is 5.81. The van der Waals surface area contributed by atoms with Crippen LogP contribution in [0.15, 0.2) is 54.7 Å². The lowest BCUT2D eigenvalue weighted by Crippen LogP contribution is -1.96. The quantitative estimate of drug-likeness (QED) is 0.551. The Morgan fingerprint density at radius 2 is 1.70 bits per heavy atom. The van der Waals surface area contributed by atoms with E-state index in [1.807, 2.05) is 6.07 Å². The van der Waals surface area contributed by atoms with E-state index in [-0.39, 0.29) is 0 Å². The predicted octanol–water partition coefficient (Wildman–Crippen LogP) is 3.97. The number of benzene rings is 2. The fourth-order valence-electron chi connectivity index (χ4n) is 2.13. The maximum Gasteiger partial charge on any atom is 0.228 e. The zero-order valence-electron chi connectivity index (χ0n) is 12.1. The normalized spacial score (nSPS) is 10.5. The summed E-state index contributed by atoms with van der Waals surface area (Å²) in [4.78, 5) is 8.41. The molecule has 0 saturated heterocycles. The highest BCUT2D eigenvalue weighted by atomic mass is 19.1. The van der Waals surface area contributed by atoms with Crippen LogP contribution in [0, 0.1) is 0 Å². The van der Waals surface area contributed by atoms with Gasteiger partial charge in [0.05, 0.1) is 11.7 Å². The number of alkyl halides is 1. The molecule has 0 atom stereocenters. The maximum absolute atomic E-state index is 12.2. The molecule has 0 unspecified atom stereocenters. The summed E-state index contributed by atoms with van der Waals surface area (Å²) in [5.74, 6) is 1.43. The van der Waals surface area contributed by atoms with E-state index in [0.717, 1.165) is 10.9 Å². The molecule has 2 aromatic carbocycles. The van der Waals surface area contributed by atoms with Crippen LogP contribution in [-0.2, 0) is 6.61 Å². The molecule has 0 amide bonds. The second-order valence-electron chi connectivity index (χ2n) is 4.80. The fraction of sp³-hybridized carbons (Fsp3) is 0.118. The van der Waals surface area contributed by atoms with Crippen LogP contribution in [0.1, 0.15) is 5.56 Å². The molecular formula is C17H14FNO4. The Hall–Kier alpha value is -2.86. The van der Waals surface area contributed by atoms with E-state index in [2.05, 4.69) is 9.87 Å². The third kappa shape index (κ3) is 3.67. The SMILES string of the molecule is OOc1ccc(COc2cnc3cc(OCF)ccc3c2)cc1. The summed E-state index contributed by atoms with van der Waals surface area (Å²) in [7, 11) is 0. The van der Waals surface area contributed by atoms with Crippen molar-refractivity contribution in [2.75, 3.05) is 6.86 Å². The maximum atomic E-state index is 12.2. The van der Waals surface area contributed by atoms with E-state index in [9.17, 15) is 4.39 Å². The smallest absolute Gasteiger partial charge is 0.228 e. The number of hydrogen-bond acceptors (Lipinski definition) is 5. The summed E-state index contributed by atoms with van der Waals surface area (Å²) >= 11 is 0. The Kier molecular flexibility index (Phi) is 4.54. The van der Waals surface area contributed by atoms with Crippen LogP contribution >= 0.6 is 0 Å². The monoisotopic (exact) mass is 315 g/mol. The highest BCUT2D eigenvalue weighted by Crippen LogP contribution is 2.23. The molecule has 23 heavy (non-hydrogen) atoms. The minimum absolute atomic E-state index is 0.363. The van der Waals surface area contributed by atoms with E-state index < -0.39 is 6.86 Å². The molecular weight excluding hydrogens is 301 g/mol. The van der Waals surface area contributed by atoms with E-state index >= 15 is 0 Å². The van der Waals surface area contributed by atoms with Crippen LogP contribution in [0.3, 0.4) is 0 Å². The van der Waals surface area contributed by atoms with Gasteiger partial charge < -0.3 is 14.4 Å². The third-order valence-electron chi connectivity index (χ3n) is 3.29. The fourth-order valence-corrected chi connectivity index (χ4v) is 2.13. The Morgan fingerprint density at radius 1 is 0.913 bits per heavy atom. The summed E-state index contributed by atoms with van der Waals surface area (Å²) in [5.41, 5.74) is 1.63. The molecule has 1 aromatic heterocycles. The molecule has 1 N–H and O–H groups in total. The van der Waals surface area contributed by atoms with Crippen molar-refractivity contribution in [3.05, 3.63) is 60.3 Å². The average Bonchev–Trinajstić information content (AvgIpc) is 2.60. The van der Waals surface area contributed by atoms with Crippen LogP contribution in [0.4, 0.5) is 4.39 Å². The summed E-state index contributed by atoms with van der Waals surface area (Å²) in [5, 5.41) is 9.39. The predicted molar refractivity (Wildman–Crippen MR) is 82.4 cm³/mol. The molecule has 6 heteroatoms. The Labute approximate surface area is 131 Å². The van der Waals surface area contributed by atoms with Gasteiger partial charge in [0, 0.05) is 11.5 Å². The van der Waals surface area contributed by atoms with Crippen molar-refractivity contribution in [3.8, 4) is 17.2 Å². The van der Waals surface area contributed by atoms with Gasteiger partial charge in [-0.25, -0.2) is 9.65 Å². The molecule has 0 aliphatic carbocycles. The van der Waals surface area contributed by atoms with Gasteiger partial charge in [-0.3, -0.25) is 4.98 Å². The largest absolute Gasteiger partial charge is 0.487 e. The van der Waals surface area contributed by atoms with E-state index in [4.69, 9.17) is 14.7 Å². The third-order valence-corrected chi connectivity index (χ3v) is 3.29. The van der Waals surface area contributed by atoms with Crippen LogP contribution < -0.4 is 14.4 Å². The van der Waals surface area contributed by atoms with Gasteiger partial charge in [0.2, 0.25) is 6.86 Å². The molecule has 3 rings (SSSR count). The van der Waals surface area contributed by atoms with Crippen LogP contribution in [0.25, 0.3) is 10.9 Å². The van der Waals surface area contributed by atoms with E-state index in [1.54, 1.807) is 48.7 Å². The van der Waals surface area contributed by atoms with Crippen LogP contribution in [-0.4, -0.2) is 17.1 Å². The van der Waals surface area contributed by atoms with Crippen molar-refractivity contribution in [1.29, 1.82) is 0 Å². The van der Waals surface area contributed by atoms with Crippen LogP contribution in [0.5, 0.6) is 17.2 Å². The molecule has 3 aromatic rings. The van der Waals surface area contributed by atoms with E-state index in [0.29, 0.717) is 29.4 Å². The number of aromatic nitrogens is 1. The van der Waals surface area contributed by atoms with Crippen molar-refractivity contribution >= 4 is 10.9 Å². The van der Waals surface area contributed by atoms with Gasteiger partial charge in [0.1, 0.15) is 18.1 Å². The lowest BCUT2D eigenvalue weighted by atomic mass is 10.2. The van der Waals surface area contributed by atoms with Gasteiger partial charge in [0.15, 0.2) is 5.75 Å². The number of ether oxygens (including phenoxy) is 2. The van der Waals surface area contributed by atoms with Crippen molar-refractivity contribution in [2.24, 2.45) is 0 Å². The van der Waals surface area contributed by atoms with Gasteiger partial charge in [0.25, 0.3) is 0 Å².